The summed E-state index contributed by atoms with van der Waals surface area (Å²) in [6, 6.07) is 31.7. The fourth-order valence-electron chi connectivity index (χ4n) is 4.93. The van der Waals surface area contributed by atoms with Crippen LogP contribution in [0.2, 0.25) is 5.02 Å². The zero-order valence-electron chi connectivity index (χ0n) is 22.6. The molecule has 0 bridgehead atoms. The van der Waals surface area contributed by atoms with Crippen molar-refractivity contribution in [2.75, 3.05) is 4.90 Å². The van der Waals surface area contributed by atoms with Crippen LogP contribution >= 0.6 is 11.6 Å². The summed E-state index contributed by atoms with van der Waals surface area (Å²) in [5.41, 5.74) is 5.31. The molecule has 0 aliphatic rings. The second-order valence-corrected chi connectivity index (χ2v) is 10.6. The summed E-state index contributed by atoms with van der Waals surface area (Å²) >= 11 is 6.21. The number of hydrogen-bond acceptors (Lipinski definition) is 2. The number of carbonyl (C=O) groups excluding carboxylic acids is 2. The average Bonchev–Trinajstić information content (AvgIpc) is 3.38. The van der Waals surface area contributed by atoms with Crippen molar-refractivity contribution < 1.29 is 9.59 Å². The van der Waals surface area contributed by atoms with Gasteiger partial charge in [0.15, 0.2) is 0 Å². The molecule has 0 spiro atoms. The van der Waals surface area contributed by atoms with Crippen LogP contribution in [0.5, 0.6) is 0 Å². The number of amides is 2. The van der Waals surface area contributed by atoms with Crippen molar-refractivity contribution in [3.05, 3.63) is 137 Å². The first-order chi connectivity index (χ1) is 19.4. The Kier molecular flexibility index (Phi) is 8.32. The van der Waals surface area contributed by atoms with E-state index in [1.54, 1.807) is 17.0 Å². The summed E-state index contributed by atoms with van der Waals surface area (Å²) < 4.78 is 0. The summed E-state index contributed by atoms with van der Waals surface area (Å²) in [7, 11) is 0. The normalized spacial score (nSPS) is 11.9. The van der Waals surface area contributed by atoms with Crippen LogP contribution in [0.25, 0.3) is 10.9 Å². The van der Waals surface area contributed by atoms with Crippen LogP contribution in [0.3, 0.4) is 0 Å². The summed E-state index contributed by atoms with van der Waals surface area (Å²) in [6.45, 7) is 4.60. The number of anilines is 1. The second kappa shape index (κ2) is 12.2. The fourth-order valence-corrected chi connectivity index (χ4v) is 5.05. The van der Waals surface area contributed by atoms with Gasteiger partial charge in [-0.05, 0) is 58.5 Å². The summed E-state index contributed by atoms with van der Waals surface area (Å²) in [6.07, 6.45) is 2.00. The molecule has 1 aromatic heterocycles. The minimum absolute atomic E-state index is 0.131. The van der Waals surface area contributed by atoms with E-state index in [-0.39, 0.29) is 18.2 Å². The lowest BCUT2D eigenvalue weighted by atomic mass is 9.99. The second-order valence-electron chi connectivity index (χ2n) is 10.2. The molecule has 5 nitrogen and oxygen atoms in total. The van der Waals surface area contributed by atoms with E-state index in [4.69, 9.17) is 11.6 Å². The van der Waals surface area contributed by atoms with Gasteiger partial charge >= 0.3 is 0 Å². The number of rotatable bonds is 9. The zero-order chi connectivity index (χ0) is 28.1. The van der Waals surface area contributed by atoms with Gasteiger partial charge in [0.1, 0.15) is 6.04 Å². The minimum atomic E-state index is -0.899. The van der Waals surface area contributed by atoms with E-state index < -0.39 is 6.04 Å². The molecule has 6 heteroatoms. The van der Waals surface area contributed by atoms with E-state index >= 15 is 0 Å². The van der Waals surface area contributed by atoms with Crippen molar-refractivity contribution in [3.8, 4) is 0 Å². The largest absolute Gasteiger partial charge is 0.361 e. The number of aromatic amines is 1. The maximum absolute atomic E-state index is 14.2. The van der Waals surface area contributed by atoms with Crippen molar-refractivity contribution in [2.45, 2.75) is 38.8 Å². The Morgan fingerprint density at radius 2 is 1.48 bits per heavy atom. The van der Waals surface area contributed by atoms with E-state index in [1.165, 1.54) is 0 Å². The van der Waals surface area contributed by atoms with Gasteiger partial charge in [0, 0.05) is 34.4 Å². The topological polar surface area (TPSA) is 65.2 Å². The highest BCUT2D eigenvalue weighted by atomic mass is 35.5. The Morgan fingerprint density at radius 3 is 2.17 bits per heavy atom. The van der Waals surface area contributed by atoms with Crippen molar-refractivity contribution in [2.24, 2.45) is 0 Å². The molecule has 0 aliphatic heterocycles. The first-order valence-electron chi connectivity index (χ1n) is 13.4. The van der Waals surface area contributed by atoms with Crippen molar-refractivity contribution >= 4 is 40.0 Å². The maximum Gasteiger partial charge on any atom is 0.248 e. The number of aromatic nitrogens is 1. The van der Waals surface area contributed by atoms with Crippen molar-refractivity contribution in [3.63, 3.8) is 0 Å². The smallest absolute Gasteiger partial charge is 0.248 e. The van der Waals surface area contributed by atoms with Crippen LogP contribution in [-0.4, -0.2) is 16.8 Å². The number of hydrogen-bond donors (Lipinski definition) is 2. The molecule has 4 aromatic carbocycles. The molecular formula is C34H32ClN3O2. The molecule has 5 rings (SSSR count). The molecular weight excluding hydrogens is 518 g/mol. The number of carbonyl (C=O) groups is 2. The van der Waals surface area contributed by atoms with Crippen LogP contribution in [0.4, 0.5) is 5.69 Å². The molecule has 0 fully saturated rings. The molecule has 2 N–H and O–H groups in total. The number of nitrogens with one attached hydrogen (secondary N) is 2. The number of fused-ring (bicyclic) bond motifs is 1. The number of benzene rings is 4. The van der Waals surface area contributed by atoms with Gasteiger partial charge in [0.25, 0.3) is 0 Å². The van der Waals surface area contributed by atoms with Gasteiger partial charge in [-0.3, -0.25) is 14.5 Å². The van der Waals surface area contributed by atoms with Crippen LogP contribution in [-0.2, 0) is 22.6 Å². The first kappa shape index (κ1) is 27.2. The summed E-state index contributed by atoms with van der Waals surface area (Å²) in [5.74, 6) is -0.117. The monoisotopic (exact) mass is 549 g/mol. The fraction of sp³-hybridized carbons (Fsp3) is 0.176. The van der Waals surface area contributed by atoms with Crippen LogP contribution in [0.15, 0.2) is 109 Å². The van der Waals surface area contributed by atoms with Gasteiger partial charge in [-0.25, -0.2) is 0 Å². The lowest BCUT2D eigenvalue weighted by Crippen LogP contribution is -2.44. The van der Waals surface area contributed by atoms with Gasteiger partial charge in [-0.2, -0.15) is 0 Å². The van der Waals surface area contributed by atoms with Crippen molar-refractivity contribution in [1.82, 2.24) is 10.3 Å². The number of nitrogens with zero attached hydrogens (tertiary/aromatic N) is 1. The lowest BCUT2D eigenvalue weighted by Gasteiger charge is -2.32. The van der Waals surface area contributed by atoms with Gasteiger partial charge in [0.05, 0.1) is 6.42 Å². The van der Waals surface area contributed by atoms with Crippen LogP contribution in [0, 0.1) is 0 Å². The standard InChI is InChI=1S/C34H32ClN3O2/c1-23(2)25-14-18-29(19-15-25)38(32(39)20-27-22-36-31-11-7-6-10-30(27)31)33(26-12-16-28(35)17-13-26)34(40)37-21-24-8-4-3-5-9-24/h3-19,22-23,33,36H,20-21H2,1-2H3,(H,37,40). The Morgan fingerprint density at radius 1 is 0.825 bits per heavy atom. The molecule has 202 valence electrons. The molecule has 2 amide bonds. The van der Waals surface area contributed by atoms with E-state index in [0.29, 0.717) is 28.7 Å². The molecule has 0 saturated heterocycles. The molecule has 1 atom stereocenters. The molecule has 1 heterocycles. The highest BCUT2D eigenvalue weighted by Gasteiger charge is 2.33. The van der Waals surface area contributed by atoms with E-state index in [0.717, 1.165) is 27.6 Å². The Balaban J connectivity index is 1.56. The van der Waals surface area contributed by atoms with Gasteiger partial charge in [-0.15, -0.1) is 0 Å². The van der Waals surface area contributed by atoms with Gasteiger partial charge < -0.3 is 10.3 Å². The third-order valence-corrected chi connectivity index (χ3v) is 7.38. The van der Waals surface area contributed by atoms with E-state index in [2.05, 4.69) is 24.1 Å². The number of H-pyrrole nitrogens is 1. The summed E-state index contributed by atoms with van der Waals surface area (Å²) in [4.78, 5) is 33.1. The predicted octanol–water partition coefficient (Wildman–Crippen LogP) is 7.58. The lowest BCUT2D eigenvalue weighted by molar-refractivity contribution is -0.126. The third kappa shape index (κ3) is 6.11. The first-order valence-corrected chi connectivity index (χ1v) is 13.8. The summed E-state index contributed by atoms with van der Waals surface area (Å²) in [5, 5.41) is 4.61. The van der Waals surface area contributed by atoms with E-state index in [1.807, 2.05) is 97.2 Å². The quantitative estimate of drug-likeness (QED) is 0.199. The Bertz CT molecular complexity index is 1590. The Labute approximate surface area is 239 Å². The highest BCUT2D eigenvalue weighted by Crippen LogP contribution is 2.32. The molecule has 5 aromatic rings. The van der Waals surface area contributed by atoms with Crippen molar-refractivity contribution in [1.29, 1.82) is 0 Å². The molecule has 0 saturated carbocycles. The van der Waals surface area contributed by atoms with Crippen LogP contribution < -0.4 is 10.2 Å². The number of para-hydroxylation sites is 1. The average molecular weight is 550 g/mol. The minimum Gasteiger partial charge on any atom is -0.361 e. The number of halogens is 1. The van der Waals surface area contributed by atoms with Crippen LogP contribution in [0.1, 0.15) is 48.1 Å². The highest BCUT2D eigenvalue weighted by molar-refractivity contribution is 6.30. The molecule has 1 unspecified atom stereocenters. The van der Waals surface area contributed by atoms with E-state index in [9.17, 15) is 9.59 Å². The zero-order valence-corrected chi connectivity index (χ0v) is 23.4. The maximum atomic E-state index is 14.2. The third-order valence-electron chi connectivity index (χ3n) is 7.13. The SMILES string of the molecule is CC(C)c1ccc(N(C(=O)Cc2c[nH]c3ccccc23)C(C(=O)NCc2ccccc2)c2ccc(Cl)cc2)cc1. The molecule has 0 aliphatic carbocycles. The molecule has 0 radical (unpaired) electrons. The predicted molar refractivity (Wildman–Crippen MR) is 163 cm³/mol. The van der Waals surface area contributed by atoms with Gasteiger partial charge in [0.2, 0.25) is 11.8 Å². The molecule has 40 heavy (non-hydrogen) atoms. The Hall–Kier alpha value is -4.35. The van der Waals surface area contributed by atoms with Gasteiger partial charge in [-0.1, -0.05) is 98.2 Å².